The maximum atomic E-state index is 12.8. The second-order valence-corrected chi connectivity index (χ2v) is 10.8. The summed E-state index contributed by atoms with van der Waals surface area (Å²) >= 11 is 0. The van der Waals surface area contributed by atoms with Gasteiger partial charge >= 0.3 is 11.2 Å². The van der Waals surface area contributed by atoms with Crippen LogP contribution in [0.2, 0.25) is 0 Å². The average Bonchev–Trinajstić information content (AvgIpc) is 3.18. The summed E-state index contributed by atoms with van der Waals surface area (Å²) in [6.07, 6.45) is 0.956. The predicted molar refractivity (Wildman–Crippen MR) is 118 cm³/mol. The zero-order valence-corrected chi connectivity index (χ0v) is 20.4. The largest absolute Gasteiger partial charge is 0.465 e. The van der Waals surface area contributed by atoms with Crippen LogP contribution in [0.3, 0.4) is 0 Å². The van der Waals surface area contributed by atoms with Crippen LogP contribution in [0.1, 0.15) is 86.1 Å². The lowest BCUT2D eigenvalue weighted by atomic mass is 9.84. The molecule has 8 nitrogen and oxygen atoms in total. The number of methoxy groups -OCH3 is 1. The summed E-state index contributed by atoms with van der Waals surface area (Å²) in [5.74, 6) is -1.79. The number of hydrogen-bond acceptors (Lipinski definition) is 8. The number of nitrogens with zero attached hydrogens (tertiary/aromatic N) is 1. The number of ketones is 1. The molecule has 0 aliphatic heterocycles. The highest BCUT2D eigenvalue weighted by Crippen LogP contribution is 2.31. The van der Waals surface area contributed by atoms with E-state index in [4.69, 9.17) is 9.15 Å². The van der Waals surface area contributed by atoms with Crippen molar-refractivity contribution in [2.75, 3.05) is 12.9 Å². The predicted octanol–water partition coefficient (Wildman–Crippen LogP) is 3.52. The Balaban J connectivity index is 2.40. The molecule has 0 saturated carbocycles. The van der Waals surface area contributed by atoms with Crippen molar-refractivity contribution in [1.29, 1.82) is 0 Å². The van der Waals surface area contributed by atoms with Crippen molar-refractivity contribution in [2.24, 2.45) is 0 Å². The van der Waals surface area contributed by atoms with Crippen LogP contribution in [0, 0.1) is 0 Å². The van der Waals surface area contributed by atoms with Gasteiger partial charge < -0.3 is 14.3 Å². The van der Waals surface area contributed by atoms with Gasteiger partial charge in [0.05, 0.1) is 12.7 Å². The Bertz CT molecular complexity index is 1080. The summed E-state index contributed by atoms with van der Waals surface area (Å²) in [6.45, 7) is 10.7. The Labute approximate surface area is 188 Å². The van der Waals surface area contributed by atoms with Gasteiger partial charge in [-0.2, -0.15) is 0 Å². The fourth-order valence-electron chi connectivity index (χ4n) is 3.39. The van der Waals surface area contributed by atoms with Gasteiger partial charge in [-0.1, -0.05) is 27.7 Å². The summed E-state index contributed by atoms with van der Waals surface area (Å²) in [4.78, 5) is 28.8. The molecule has 0 radical (unpaired) electrons. The second kappa shape index (κ2) is 9.54. The third-order valence-corrected chi connectivity index (χ3v) is 6.51. The van der Waals surface area contributed by atoms with E-state index >= 15 is 0 Å². The number of aliphatic hydroxyl groups is 1. The third-order valence-electron chi connectivity index (χ3n) is 5.08. The van der Waals surface area contributed by atoms with Gasteiger partial charge in [-0.3, -0.25) is 4.79 Å². The molecule has 0 atom stereocenters. The Kier molecular flexibility index (Phi) is 7.67. The molecule has 9 heteroatoms. The average molecular weight is 466 g/mol. The van der Waals surface area contributed by atoms with Crippen LogP contribution in [0.4, 0.5) is 0 Å². The molecule has 1 N–H and O–H groups in total. The molecule has 0 unspecified atom stereocenters. The molecule has 1 heterocycles. The van der Waals surface area contributed by atoms with Gasteiger partial charge in [0, 0.05) is 6.42 Å². The van der Waals surface area contributed by atoms with Crippen LogP contribution in [-0.2, 0) is 31.4 Å². The van der Waals surface area contributed by atoms with E-state index in [-0.39, 0.29) is 24.0 Å². The van der Waals surface area contributed by atoms with E-state index in [1.54, 1.807) is 12.1 Å². The fourth-order valence-corrected chi connectivity index (χ4v) is 4.47. The van der Waals surface area contributed by atoms with Crippen molar-refractivity contribution in [1.82, 2.24) is 4.98 Å². The summed E-state index contributed by atoms with van der Waals surface area (Å²) in [6, 6.07) is 3.40. The number of aromatic nitrogens is 1. The van der Waals surface area contributed by atoms with Crippen LogP contribution in [0.5, 0.6) is 0 Å². The van der Waals surface area contributed by atoms with Gasteiger partial charge in [-0.25, -0.2) is 18.2 Å². The van der Waals surface area contributed by atoms with Crippen LogP contribution < -0.4 is 0 Å². The first-order chi connectivity index (χ1) is 14.7. The second-order valence-electron chi connectivity index (χ2n) is 8.97. The standard InChI is InChI=1S/C23H31NO7S/c1-13(2)17-8-15(21(26)30-7)9-18(14(3)4)19(17)10-16(25)12-32(28,29)22-24-20(11-31-22)23(5,6)27/h8-9,11,13-14,27H,10,12H2,1-7H3. The molecule has 176 valence electrons. The number of carbonyl (C=O) groups excluding carboxylic acids is 2. The van der Waals surface area contributed by atoms with Crippen molar-refractivity contribution in [3.05, 3.63) is 46.3 Å². The number of Topliss-reactive ketones (excluding diaryl/α,β-unsaturated/α-hetero) is 1. The van der Waals surface area contributed by atoms with Crippen LogP contribution in [0.15, 0.2) is 28.0 Å². The molecular weight excluding hydrogens is 434 g/mol. The zero-order valence-electron chi connectivity index (χ0n) is 19.6. The highest BCUT2D eigenvalue weighted by atomic mass is 32.2. The van der Waals surface area contributed by atoms with Gasteiger partial charge in [0.1, 0.15) is 23.3 Å². The lowest BCUT2D eigenvalue weighted by Gasteiger charge is -2.21. The maximum Gasteiger partial charge on any atom is 0.337 e. The van der Waals surface area contributed by atoms with Crippen LogP contribution in [-0.4, -0.2) is 43.1 Å². The molecule has 0 aliphatic carbocycles. The Morgan fingerprint density at radius 3 is 2.06 bits per heavy atom. The highest BCUT2D eigenvalue weighted by Gasteiger charge is 2.30. The molecule has 2 rings (SSSR count). The van der Waals surface area contributed by atoms with E-state index in [0.29, 0.717) is 11.1 Å². The lowest BCUT2D eigenvalue weighted by molar-refractivity contribution is -0.116. The Morgan fingerprint density at radius 2 is 1.66 bits per heavy atom. The summed E-state index contributed by atoms with van der Waals surface area (Å²) in [5, 5.41) is 9.37. The van der Waals surface area contributed by atoms with Gasteiger partial charge in [-0.05, 0) is 54.5 Å². The first kappa shape index (κ1) is 25.7. The number of sulfone groups is 1. The zero-order chi connectivity index (χ0) is 24.4. The Hall–Kier alpha value is -2.52. The van der Waals surface area contributed by atoms with Gasteiger partial charge in [0.25, 0.3) is 0 Å². The molecule has 32 heavy (non-hydrogen) atoms. The fraction of sp³-hybridized carbons (Fsp3) is 0.522. The molecular formula is C23H31NO7S. The number of benzene rings is 1. The lowest BCUT2D eigenvalue weighted by Crippen LogP contribution is -2.21. The molecule has 2 aromatic rings. The minimum Gasteiger partial charge on any atom is -0.465 e. The van der Waals surface area contributed by atoms with Crippen molar-refractivity contribution >= 4 is 21.6 Å². The molecule has 0 spiro atoms. The van der Waals surface area contributed by atoms with Crippen LogP contribution in [0.25, 0.3) is 0 Å². The number of ether oxygens (including phenoxy) is 1. The molecule has 1 aromatic carbocycles. The monoisotopic (exact) mass is 465 g/mol. The summed E-state index contributed by atoms with van der Waals surface area (Å²) in [5.41, 5.74) is 1.38. The van der Waals surface area contributed by atoms with Gasteiger partial charge in [0.2, 0.25) is 9.84 Å². The first-order valence-electron chi connectivity index (χ1n) is 10.3. The molecule has 0 bridgehead atoms. The molecule has 0 saturated heterocycles. The minimum atomic E-state index is -4.12. The smallest absolute Gasteiger partial charge is 0.337 e. The molecule has 0 fully saturated rings. The van der Waals surface area contributed by atoms with Crippen molar-refractivity contribution in [2.45, 2.75) is 70.6 Å². The van der Waals surface area contributed by atoms with E-state index in [1.165, 1.54) is 21.0 Å². The van der Waals surface area contributed by atoms with Crippen molar-refractivity contribution in [3.8, 4) is 0 Å². The number of hydrogen-bond donors (Lipinski definition) is 1. The maximum absolute atomic E-state index is 12.8. The molecule has 0 amide bonds. The van der Waals surface area contributed by atoms with E-state index < -0.39 is 38.2 Å². The third kappa shape index (κ3) is 5.83. The van der Waals surface area contributed by atoms with Gasteiger partial charge in [0.15, 0.2) is 5.78 Å². The Morgan fingerprint density at radius 1 is 1.12 bits per heavy atom. The number of oxazole rings is 1. The van der Waals surface area contributed by atoms with Crippen molar-refractivity contribution < 1.29 is 32.3 Å². The number of carbonyl (C=O) groups is 2. The molecule has 1 aromatic heterocycles. The van der Waals surface area contributed by atoms with E-state index in [9.17, 15) is 23.1 Å². The topological polar surface area (TPSA) is 124 Å². The first-order valence-corrected chi connectivity index (χ1v) is 12.0. The molecule has 0 aliphatic rings. The normalized spacial score (nSPS) is 12.4. The number of rotatable bonds is 9. The van der Waals surface area contributed by atoms with Gasteiger partial charge in [-0.15, -0.1) is 0 Å². The quantitative estimate of drug-likeness (QED) is 0.558. The van der Waals surface area contributed by atoms with E-state index in [0.717, 1.165) is 17.4 Å². The van der Waals surface area contributed by atoms with E-state index in [2.05, 4.69) is 4.98 Å². The SMILES string of the molecule is COC(=O)c1cc(C(C)C)c(CC(=O)CS(=O)(=O)c2nc(C(C)(C)O)co2)c(C(C)C)c1. The summed E-state index contributed by atoms with van der Waals surface area (Å²) < 4.78 is 35.2. The summed E-state index contributed by atoms with van der Waals surface area (Å²) in [7, 11) is -2.82. The van der Waals surface area contributed by atoms with Crippen molar-refractivity contribution in [3.63, 3.8) is 0 Å². The van der Waals surface area contributed by atoms with E-state index in [1.807, 2.05) is 27.7 Å². The minimum absolute atomic E-state index is 0.00222. The van der Waals surface area contributed by atoms with Crippen LogP contribution >= 0.6 is 0 Å². The highest BCUT2D eigenvalue weighted by molar-refractivity contribution is 7.91. The number of esters is 1.